The molecule has 6 nitrogen and oxygen atoms in total. The monoisotopic (exact) mass is 347 g/mol. The Bertz CT molecular complexity index is 878. The molecular weight excluding hydrogens is 326 g/mol. The standard InChI is InChI=1S/C20H21N5O/c1-23-10-11-25(19(13-23)16-6-3-2-4-7-16)20(26)17-8-5-9-18(12-17)24-14-21-22-15-24/h2-9,12,14-15,19H,10-11,13H2,1H3/t19-/m0/s1. The van der Waals surface area contributed by atoms with E-state index < -0.39 is 0 Å². The van der Waals surface area contributed by atoms with Gasteiger partial charge in [-0.15, -0.1) is 10.2 Å². The molecule has 0 N–H and O–H groups in total. The fourth-order valence-corrected chi connectivity index (χ4v) is 3.42. The van der Waals surface area contributed by atoms with E-state index in [9.17, 15) is 4.79 Å². The number of aromatic nitrogens is 3. The minimum atomic E-state index is 0.0565. The van der Waals surface area contributed by atoms with Gasteiger partial charge in [-0.3, -0.25) is 9.36 Å². The van der Waals surface area contributed by atoms with Gasteiger partial charge in [-0.1, -0.05) is 36.4 Å². The van der Waals surface area contributed by atoms with Gasteiger partial charge in [0.15, 0.2) is 0 Å². The van der Waals surface area contributed by atoms with Crippen LogP contribution in [0.4, 0.5) is 0 Å². The molecule has 3 aromatic rings. The molecule has 0 aliphatic carbocycles. The molecule has 6 heteroatoms. The Labute approximate surface area is 152 Å². The number of nitrogens with zero attached hydrogens (tertiary/aromatic N) is 5. The van der Waals surface area contributed by atoms with Crippen molar-refractivity contribution in [1.82, 2.24) is 24.6 Å². The Morgan fingerprint density at radius 2 is 1.77 bits per heavy atom. The molecule has 0 saturated carbocycles. The SMILES string of the molecule is CN1CCN(C(=O)c2cccc(-n3cnnc3)c2)[C@H](c2ccccc2)C1. The van der Waals surface area contributed by atoms with Crippen molar-refractivity contribution in [2.24, 2.45) is 0 Å². The van der Waals surface area contributed by atoms with Crippen LogP contribution in [0.5, 0.6) is 0 Å². The summed E-state index contributed by atoms with van der Waals surface area (Å²) in [5, 5.41) is 7.67. The number of rotatable bonds is 3. The zero-order valence-corrected chi connectivity index (χ0v) is 14.7. The number of hydrogen-bond acceptors (Lipinski definition) is 4. The van der Waals surface area contributed by atoms with Crippen molar-refractivity contribution in [2.75, 3.05) is 26.7 Å². The van der Waals surface area contributed by atoms with Crippen molar-refractivity contribution >= 4 is 5.91 Å². The van der Waals surface area contributed by atoms with Gasteiger partial charge in [0, 0.05) is 30.9 Å². The molecule has 2 aromatic carbocycles. The highest BCUT2D eigenvalue weighted by Gasteiger charge is 2.30. The van der Waals surface area contributed by atoms with E-state index in [0.717, 1.165) is 18.8 Å². The van der Waals surface area contributed by atoms with E-state index in [1.807, 2.05) is 47.4 Å². The summed E-state index contributed by atoms with van der Waals surface area (Å²) in [5.41, 5.74) is 2.73. The van der Waals surface area contributed by atoms with Crippen molar-refractivity contribution in [2.45, 2.75) is 6.04 Å². The van der Waals surface area contributed by atoms with Crippen LogP contribution in [-0.2, 0) is 0 Å². The lowest BCUT2D eigenvalue weighted by Crippen LogP contribution is -2.49. The Hall–Kier alpha value is -2.99. The Morgan fingerprint density at radius 3 is 2.54 bits per heavy atom. The second-order valence-electron chi connectivity index (χ2n) is 6.61. The molecule has 1 aliphatic rings. The fraction of sp³-hybridized carbons (Fsp3) is 0.250. The number of carbonyl (C=O) groups excluding carboxylic acids is 1. The first-order valence-electron chi connectivity index (χ1n) is 8.72. The molecule has 0 unspecified atom stereocenters. The van der Waals surface area contributed by atoms with Crippen LogP contribution in [-0.4, -0.2) is 57.2 Å². The van der Waals surface area contributed by atoms with Gasteiger partial charge in [0.2, 0.25) is 0 Å². The third-order valence-electron chi connectivity index (χ3n) is 4.84. The molecule has 1 fully saturated rings. The molecule has 1 aliphatic heterocycles. The zero-order valence-electron chi connectivity index (χ0n) is 14.7. The fourth-order valence-electron chi connectivity index (χ4n) is 3.42. The minimum Gasteiger partial charge on any atom is -0.329 e. The van der Waals surface area contributed by atoms with Crippen LogP contribution in [0.2, 0.25) is 0 Å². The summed E-state index contributed by atoms with van der Waals surface area (Å²) in [6, 6.07) is 17.9. The lowest BCUT2D eigenvalue weighted by atomic mass is 10.0. The quantitative estimate of drug-likeness (QED) is 0.730. The van der Waals surface area contributed by atoms with Crippen molar-refractivity contribution in [3.05, 3.63) is 78.4 Å². The smallest absolute Gasteiger partial charge is 0.254 e. The Kier molecular flexibility index (Phi) is 4.50. The minimum absolute atomic E-state index is 0.0565. The van der Waals surface area contributed by atoms with Crippen LogP contribution >= 0.6 is 0 Å². The van der Waals surface area contributed by atoms with Gasteiger partial charge in [0.05, 0.1) is 6.04 Å². The summed E-state index contributed by atoms with van der Waals surface area (Å²) in [7, 11) is 2.10. The maximum atomic E-state index is 13.3. The lowest BCUT2D eigenvalue weighted by Gasteiger charge is -2.40. The van der Waals surface area contributed by atoms with Crippen LogP contribution in [0.15, 0.2) is 67.3 Å². The van der Waals surface area contributed by atoms with Crippen LogP contribution in [0.3, 0.4) is 0 Å². The molecule has 0 bridgehead atoms. The van der Waals surface area contributed by atoms with Crippen molar-refractivity contribution in [1.29, 1.82) is 0 Å². The van der Waals surface area contributed by atoms with Gasteiger partial charge in [-0.05, 0) is 30.8 Å². The van der Waals surface area contributed by atoms with E-state index in [1.165, 1.54) is 5.56 Å². The molecular formula is C20H21N5O. The normalized spacial score (nSPS) is 18.0. The number of benzene rings is 2. The highest BCUT2D eigenvalue weighted by molar-refractivity contribution is 5.95. The molecule has 1 amide bonds. The molecule has 2 heterocycles. The Balaban J connectivity index is 1.65. The van der Waals surface area contributed by atoms with Crippen LogP contribution < -0.4 is 0 Å². The second-order valence-corrected chi connectivity index (χ2v) is 6.61. The van der Waals surface area contributed by atoms with Gasteiger partial charge < -0.3 is 9.80 Å². The van der Waals surface area contributed by atoms with Crippen molar-refractivity contribution in [3.63, 3.8) is 0 Å². The lowest BCUT2D eigenvalue weighted by molar-refractivity contribution is 0.0498. The first-order valence-corrected chi connectivity index (χ1v) is 8.72. The van der Waals surface area contributed by atoms with Crippen LogP contribution in [0.1, 0.15) is 22.0 Å². The summed E-state index contributed by atoms with van der Waals surface area (Å²) in [5.74, 6) is 0.0573. The van der Waals surface area contributed by atoms with Gasteiger partial charge in [-0.2, -0.15) is 0 Å². The maximum Gasteiger partial charge on any atom is 0.254 e. The largest absolute Gasteiger partial charge is 0.329 e. The predicted molar refractivity (Wildman–Crippen MR) is 99.1 cm³/mol. The van der Waals surface area contributed by atoms with E-state index in [4.69, 9.17) is 0 Å². The molecule has 132 valence electrons. The van der Waals surface area contributed by atoms with Crippen molar-refractivity contribution < 1.29 is 4.79 Å². The molecule has 26 heavy (non-hydrogen) atoms. The zero-order chi connectivity index (χ0) is 17.9. The topological polar surface area (TPSA) is 54.3 Å². The number of likely N-dealkylation sites (N-methyl/N-ethyl adjacent to an activating group) is 1. The average Bonchev–Trinajstić information content (AvgIpc) is 3.23. The summed E-state index contributed by atoms with van der Waals surface area (Å²) in [4.78, 5) is 17.5. The van der Waals surface area contributed by atoms with E-state index in [-0.39, 0.29) is 11.9 Å². The van der Waals surface area contributed by atoms with E-state index in [2.05, 4.69) is 34.3 Å². The maximum absolute atomic E-state index is 13.3. The summed E-state index contributed by atoms with van der Waals surface area (Å²) >= 11 is 0. The number of piperazine rings is 1. The predicted octanol–water partition coefficient (Wildman–Crippen LogP) is 2.40. The molecule has 1 aromatic heterocycles. The van der Waals surface area contributed by atoms with Gasteiger partial charge in [0.25, 0.3) is 5.91 Å². The second kappa shape index (κ2) is 7.09. The van der Waals surface area contributed by atoms with Gasteiger partial charge in [-0.25, -0.2) is 0 Å². The van der Waals surface area contributed by atoms with Crippen LogP contribution in [0, 0.1) is 0 Å². The molecule has 0 radical (unpaired) electrons. The molecule has 1 atom stereocenters. The number of amides is 1. The number of carbonyl (C=O) groups is 1. The molecule has 4 rings (SSSR count). The first kappa shape index (κ1) is 16.5. The van der Waals surface area contributed by atoms with Gasteiger partial charge >= 0.3 is 0 Å². The van der Waals surface area contributed by atoms with Crippen molar-refractivity contribution in [3.8, 4) is 5.69 Å². The van der Waals surface area contributed by atoms with Crippen LogP contribution in [0.25, 0.3) is 5.69 Å². The van der Waals surface area contributed by atoms with E-state index in [0.29, 0.717) is 12.1 Å². The third kappa shape index (κ3) is 3.23. The molecule has 1 saturated heterocycles. The van der Waals surface area contributed by atoms with E-state index in [1.54, 1.807) is 17.2 Å². The Morgan fingerprint density at radius 1 is 1.00 bits per heavy atom. The summed E-state index contributed by atoms with van der Waals surface area (Å²) in [6.07, 6.45) is 3.26. The highest BCUT2D eigenvalue weighted by Crippen LogP contribution is 2.27. The molecule has 0 spiro atoms. The average molecular weight is 347 g/mol. The van der Waals surface area contributed by atoms with E-state index >= 15 is 0 Å². The van der Waals surface area contributed by atoms with Gasteiger partial charge in [0.1, 0.15) is 12.7 Å². The highest BCUT2D eigenvalue weighted by atomic mass is 16.2. The number of hydrogen-bond donors (Lipinski definition) is 0. The first-order chi connectivity index (χ1) is 12.7. The summed E-state index contributed by atoms with van der Waals surface area (Å²) in [6.45, 7) is 2.42. The summed E-state index contributed by atoms with van der Waals surface area (Å²) < 4.78 is 1.80. The third-order valence-corrected chi connectivity index (χ3v) is 4.84.